The molecule has 150 valence electrons. The van der Waals surface area contributed by atoms with Gasteiger partial charge in [-0.1, -0.05) is 79.4 Å². The summed E-state index contributed by atoms with van der Waals surface area (Å²) in [5.41, 5.74) is 5.16. The number of aryl methyl sites for hydroxylation is 1. The number of allylic oxidation sites excluding steroid dienone is 3. The summed E-state index contributed by atoms with van der Waals surface area (Å²) in [6.07, 6.45) is 3.75. The summed E-state index contributed by atoms with van der Waals surface area (Å²) < 4.78 is 2.13. The first-order valence-corrected chi connectivity index (χ1v) is 10.3. The molecule has 0 aliphatic rings. The Kier molecular flexibility index (Phi) is 4.68. The van der Waals surface area contributed by atoms with Gasteiger partial charge in [0.2, 0.25) is 5.95 Å². The van der Waals surface area contributed by atoms with Gasteiger partial charge in [0.1, 0.15) is 0 Å². The molecular formula is C27H22N4. The minimum atomic E-state index is 0.599. The zero-order valence-corrected chi connectivity index (χ0v) is 17.6. The second-order valence-electron chi connectivity index (χ2n) is 7.47. The Morgan fingerprint density at radius 1 is 0.839 bits per heavy atom. The Hall–Kier alpha value is -4.05. The highest BCUT2D eigenvalue weighted by Crippen LogP contribution is 2.32. The highest BCUT2D eigenvalue weighted by molar-refractivity contribution is 6.09. The molecule has 0 fully saturated rings. The molecule has 2 aromatic heterocycles. The first-order valence-electron chi connectivity index (χ1n) is 10.3. The summed E-state index contributed by atoms with van der Waals surface area (Å²) in [4.78, 5) is 14.5. The maximum Gasteiger partial charge on any atom is 0.238 e. The zero-order chi connectivity index (χ0) is 21.4. The minimum absolute atomic E-state index is 0.599. The third kappa shape index (κ3) is 3.22. The average Bonchev–Trinajstić information content (AvgIpc) is 3.13. The summed E-state index contributed by atoms with van der Waals surface area (Å²) in [5.74, 6) is 1.85. The van der Waals surface area contributed by atoms with Crippen LogP contribution in [0.15, 0.2) is 91.5 Å². The van der Waals surface area contributed by atoms with E-state index in [1.165, 1.54) is 16.3 Å². The Morgan fingerprint density at radius 3 is 2.35 bits per heavy atom. The van der Waals surface area contributed by atoms with E-state index in [2.05, 4.69) is 54.5 Å². The molecule has 0 N–H and O–H groups in total. The number of nitrogens with zero attached hydrogens (tertiary/aromatic N) is 4. The summed E-state index contributed by atoms with van der Waals surface area (Å²) in [5, 5.41) is 2.36. The molecule has 0 bridgehead atoms. The molecular weight excluding hydrogens is 380 g/mol. The van der Waals surface area contributed by atoms with Gasteiger partial charge in [-0.15, -0.1) is 0 Å². The second-order valence-corrected chi connectivity index (χ2v) is 7.47. The molecule has 4 nitrogen and oxygen atoms in total. The zero-order valence-electron chi connectivity index (χ0n) is 17.6. The quantitative estimate of drug-likeness (QED) is 0.321. The van der Waals surface area contributed by atoms with E-state index >= 15 is 0 Å². The lowest BCUT2D eigenvalue weighted by Crippen LogP contribution is -2.07. The van der Waals surface area contributed by atoms with E-state index in [-0.39, 0.29) is 0 Å². The predicted molar refractivity (Wildman–Crippen MR) is 128 cm³/mol. The fraction of sp³-hybridized carbons (Fsp3) is 0.0741. The molecule has 0 aliphatic carbocycles. The Morgan fingerprint density at radius 2 is 1.58 bits per heavy atom. The smallest absolute Gasteiger partial charge is 0.238 e. The number of hydrogen-bond acceptors (Lipinski definition) is 3. The molecule has 3 aromatic carbocycles. The highest BCUT2D eigenvalue weighted by atomic mass is 15.2. The molecule has 0 unspecified atom stereocenters. The normalized spacial score (nSPS) is 11.9. The van der Waals surface area contributed by atoms with Gasteiger partial charge in [0.05, 0.1) is 11.0 Å². The van der Waals surface area contributed by atoms with E-state index in [1.54, 1.807) is 6.08 Å². The van der Waals surface area contributed by atoms with Crippen molar-refractivity contribution < 1.29 is 0 Å². The van der Waals surface area contributed by atoms with Crippen molar-refractivity contribution in [2.45, 2.75) is 13.8 Å². The van der Waals surface area contributed by atoms with Crippen LogP contribution in [0.3, 0.4) is 0 Å². The third-order valence-electron chi connectivity index (χ3n) is 5.47. The van der Waals surface area contributed by atoms with E-state index in [9.17, 15) is 0 Å². The van der Waals surface area contributed by atoms with Crippen molar-refractivity contribution in [3.63, 3.8) is 0 Å². The van der Waals surface area contributed by atoms with E-state index in [1.807, 2.05) is 49.4 Å². The van der Waals surface area contributed by atoms with Gasteiger partial charge in [-0.3, -0.25) is 4.57 Å². The number of aromatic nitrogens is 4. The average molecular weight is 403 g/mol. The van der Waals surface area contributed by atoms with Crippen LogP contribution in [0.25, 0.3) is 44.7 Å². The van der Waals surface area contributed by atoms with E-state index in [0.717, 1.165) is 22.2 Å². The van der Waals surface area contributed by atoms with Crippen LogP contribution in [-0.2, 0) is 0 Å². The first-order chi connectivity index (χ1) is 15.2. The molecule has 2 heterocycles. The maximum absolute atomic E-state index is 4.91. The van der Waals surface area contributed by atoms with Gasteiger partial charge in [0.15, 0.2) is 11.6 Å². The lowest BCUT2D eigenvalue weighted by atomic mass is 10.1. The lowest BCUT2D eigenvalue weighted by Gasteiger charge is -2.11. The van der Waals surface area contributed by atoms with Crippen LogP contribution < -0.4 is 0 Å². The molecule has 0 amide bonds. The summed E-state index contributed by atoms with van der Waals surface area (Å²) in [6, 6.07) is 24.9. The summed E-state index contributed by atoms with van der Waals surface area (Å²) in [6.45, 7) is 8.01. The molecule has 0 aliphatic heterocycles. The van der Waals surface area contributed by atoms with E-state index < -0.39 is 0 Å². The van der Waals surface area contributed by atoms with Gasteiger partial charge in [0, 0.05) is 21.9 Å². The van der Waals surface area contributed by atoms with Crippen molar-refractivity contribution in [1.29, 1.82) is 0 Å². The topological polar surface area (TPSA) is 43.6 Å². The highest BCUT2D eigenvalue weighted by Gasteiger charge is 2.17. The fourth-order valence-corrected chi connectivity index (χ4v) is 3.94. The van der Waals surface area contributed by atoms with E-state index in [4.69, 9.17) is 15.0 Å². The molecule has 0 spiro atoms. The Bertz CT molecular complexity index is 1460. The Labute approximate surface area is 181 Å². The molecule has 31 heavy (non-hydrogen) atoms. The van der Waals surface area contributed by atoms with Crippen LogP contribution in [0.5, 0.6) is 0 Å². The van der Waals surface area contributed by atoms with Gasteiger partial charge < -0.3 is 0 Å². The van der Waals surface area contributed by atoms with Gasteiger partial charge in [-0.25, -0.2) is 4.98 Å². The largest absolute Gasteiger partial charge is 0.278 e. The standard InChI is InChI=1S/C27H22N4/c1-4-19(5-2)25-28-26(20-11-7-6-8-12-20)30-27(29-25)31-23-14-10-9-13-21(23)22-16-15-18(3)17-24(22)31/h4-17H,1H2,2-3H3. The number of fused-ring (bicyclic) bond motifs is 3. The minimum Gasteiger partial charge on any atom is -0.278 e. The Balaban J connectivity index is 1.88. The maximum atomic E-state index is 4.91. The van der Waals surface area contributed by atoms with Crippen molar-refractivity contribution in [2.75, 3.05) is 0 Å². The first kappa shape index (κ1) is 18.9. The number of benzene rings is 3. The SMILES string of the molecule is C=CC(=CC)c1nc(-c2ccccc2)nc(-n2c3ccccc3c3ccc(C)cc32)n1. The van der Waals surface area contributed by atoms with Gasteiger partial charge in [0.25, 0.3) is 0 Å². The number of rotatable bonds is 4. The van der Waals surface area contributed by atoms with Crippen LogP contribution >= 0.6 is 0 Å². The van der Waals surface area contributed by atoms with Gasteiger partial charge in [-0.05, 0) is 31.5 Å². The number of para-hydroxylation sites is 1. The number of hydrogen-bond donors (Lipinski definition) is 0. The van der Waals surface area contributed by atoms with Crippen molar-refractivity contribution in [3.8, 4) is 17.3 Å². The molecule has 0 atom stereocenters. The monoisotopic (exact) mass is 402 g/mol. The summed E-state index contributed by atoms with van der Waals surface area (Å²) >= 11 is 0. The van der Waals surface area contributed by atoms with Crippen molar-refractivity contribution >= 4 is 27.4 Å². The second kappa shape index (κ2) is 7.65. The third-order valence-corrected chi connectivity index (χ3v) is 5.47. The lowest BCUT2D eigenvalue weighted by molar-refractivity contribution is 0.932. The van der Waals surface area contributed by atoms with Gasteiger partial charge >= 0.3 is 0 Å². The molecule has 0 radical (unpaired) electrons. The predicted octanol–water partition coefficient (Wildman–Crippen LogP) is 6.53. The van der Waals surface area contributed by atoms with Crippen LogP contribution in [0.2, 0.25) is 0 Å². The molecule has 0 saturated carbocycles. The summed E-state index contributed by atoms with van der Waals surface area (Å²) in [7, 11) is 0. The molecule has 5 aromatic rings. The molecule has 5 rings (SSSR count). The van der Waals surface area contributed by atoms with Crippen LogP contribution in [0, 0.1) is 6.92 Å². The molecule has 4 heteroatoms. The van der Waals surface area contributed by atoms with Gasteiger partial charge in [-0.2, -0.15) is 9.97 Å². The van der Waals surface area contributed by atoms with Crippen LogP contribution in [0.1, 0.15) is 18.3 Å². The van der Waals surface area contributed by atoms with Crippen LogP contribution in [0.4, 0.5) is 0 Å². The van der Waals surface area contributed by atoms with Crippen molar-refractivity contribution in [1.82, 2.24) is 19.5 Å². The fourth-order valence-electron chi connectivity index (χ4n) is 3.94. The van der Waals surface area contributed by atoms with E-state index in [0.29, 0.717) is 17.6 Å². The van der Waals surface area contributed by atoms with Crippen molar-refractivity contribution in [3.05, 3.63) is 103 Å². The van der Waals surface area contributed by atoms with Crippen molar-refractivity contribution in [2.24, 2.45) is 0 Å². The molecule has 0 saturated heterocycles. The van der Waals surface area contributed by atoms with Crippen LogP contribution in [-0.4, -0.2) is 19.5 Å².